The van der Waals surface area contributed by atoms with Crippen molar-refractivity contribution in [1.82, 2.24) is 15.0 Å². The van der Waals surface area contributed by atoms with E-state index in [4.69, 9.17) is 5.73 Å². The van der Waals surface area contributed by atoms with Crippen LogP contribution in [0.15, 0.2) is 42.5 Å². The normalized spacial score (nSPS) is 11.3. The molecule has 0 atom stereocenters. The SMILES string of the molecule is Cc1cc(NC(=O)c2nnn(-c3ccc(F)cc3)c2C(F)(F)F)ccc1C(N)=O. The molecule has 1 aromatic heterocycles. The Bertz CT molecular complexity index is 1090. The Hall–Kier alpha value is -3.76. The largest absolute Gasteiger partial charge is 0.435 e. The number of halogens is 4. The Morgan fingerprint density at radius 1 is 1.10 bits per heavy atom. The van der Waals surface area contributed by atoms with Crippen LogP contribution in [0.5, 0.6) is 0 Å². The minimum absolute atomic E-state index is 0.119. The van der Waals surface area contributed by atoms with Crippen LogP contribution in [0.25, 0.3) is 5.69 Å². The topological polar surface area (TPSA) is 103 Å². The molecule has 0 unspecified atom stereocenters. The van der Waals surface area contributed by atoms with Crippen LogP contribution in [-0.4, -0.2) is 26.8 Å². The van der Waals surface area contributed by atoms with Crippen LogP contribution in [0.1, 0.15) is 32.1 Å². The van der Waals surface area contributed by atoms with E-state index in [1.165, 1.54) is 18.2 Å². The summed E-state index contributed by atoms with van der Waals surface area (Å²) in [5, 5.41) is 9.05. The summed E-state index contributed by atoms with van der Waals surface area (Å²) in [5.74, 6) is -2.48. The lowest BCUT2D eigenvalue weighted by atomic mass is 10.1. The Kier molecular flexibility index (Phi) is 5.06. The van der Waals surface area contributed by atoms with Crippen molar-refractivity contribution in [1.29, 1.82) is 0 Å². The molecule has 0 saturated carbocycles. The number of carbonyl (C=O) groups excluding carboxylic acids is 2. The average Bonchev–Trinajstić information content (AvgIpc) is 3.07. The number of rotatable bonds is 4. The Labute approximate surface area is 161 Å². The van der Waals surface area contributed by atoms with Crippen molar-refractivity contribution in [2.24, 2.45) is 5.73 Å². The quantitative estimate of drug-likeness (QED) is 0.649. The van der Waals surface area contributed by atoms with Gasteiger partial charge in [0.05, 0.1) is 5.69 Å². The smallest absolute Gasteiger partial charge is 0.366 e. The van der Waals surface area contributed by atoms with Crippen molar-refractivity contribution < 1.29 is 27.2 Å². The molecule has 0 saturated heterocycles. The van der Waals surface area contributed by atoms with Crippen molar-refractivity contribution in [3.63, 3.8) is 0 Å². The summed E-state index contributed by atoms with van der Waals surface area (Å²) < 4.78 is 54.3. The Morgan fingerprint density at radius 3 is 2.31 bits per heavy atom. The molecule has 3 aromatic rings. The van der Waals surface area contributed by atoms with Gasteiger partial charge in [-0.15, -0.1) is 5.10 Å². The van der Waals surface area contributed by atoms with Crippen LogP contribution in [-0.2, 0) is 6.18 Å². The molecule has 2 aromatic carbocycles. The van der Waals surface area contributed by atoms with Crippen molar-refractivity contribution in [3.05, 3.63) is 70.8 Å². The maximum Gasteiger partial charge on any atom is 0.435 e. The summed E-state index contributed by atoms with van der Waals surface area (Å²) in [6.07, 6.45) is -4.96. The zero-order valence-corrected chi connectivity index (χ0v) is 14.8. The van der Waals surface area contributed by atoms with Crippen LogP contribution >= 0.6 is 0 Å². The van der Waals surface area contributed by atoms with Crippen molar-refractivity contribution >= 4 is 17.5 Å². The lowest BCUT2D eigenvalue weighted by Crippen LogP contribution is -2.21. The molecule has 0 spiro atoms. The molecular formula is C18H13F4N5O2. The van der Waals surface area contributed by atoms with Gasteiger partial charge in [-0.2, -0.15) is 13.2 Å². The van der Waals surface area contributed by atoms with E-state index in [1.54, 1.807) is 6.92 Å². The molecule has 0 radical (unpaired) electrons. The number of nitrogens with two attached hydrogens (primary N) is 1. The first kappa shape index (κ1) is 20.0. The number of nitrogens with zero attached hydrogens (tertiary/aromatic N) is 3. The van der Waals surface area contributed by atoms with Crippen molar-refractivity contribution in [3.8, 4) is 5.69 Å². The Balaban J connectivity index is 1.98. The van der Waals surface area contributed by atoms with E-state index in [9.17, 15) is 27.2 Å². The van der Waals surface area contributed by atoms with Gasteiger partial charge in [-0.1, -0.05) is 5.21 Å². The summed E-state index contributed by atoms with van der Waals surface area (Å²) in [6, 6.07) is 8.12. The lowest BCUT2D eigenvalue weighted by Gasteiger charge is -2.12. The van der Waals surface area contributed by atoms with E-state index >= 15 is 0 Å². The molecule has 0 aliphatic heterocycles. The van der Waals surface area contributed by atoms with E-state index in [0.29, 0.717) is 10.2 Å². The molecule has 0 aliphatic carbocycles. The first-order valence-corrected chi connectivity index (χ1v) is 8.08. The summed E-state index contributed by atoms with van der Waals surface area (Å²) >= 11 is 0. The van der Waals surface area contributed by atoms with Crippen molar-refractivity contribution in [2.75, 3.05) is 5.32 Å². The summed E-state index contributed by atoms with van der Waals surface area (Å²) in [5.41, 5.74) is 3.49. The fourth-order valence-electron chi connectivity index (χ4n) is 2.66. The first-order valence-electron chi connectivity index (χ1n) is 8.08. The van der Waals surface area contributed by atoms with Gasteiger partial charge in [-0.3, -0.25) is 9.59 Å². The van der Waals surface area contributed by atoms with Gasteiger partial charge in [0, 0.05) is 11.3 Å². The third-order valence-electron chi connectivity index (χ3n) is 3.97. The van der Waals surface area contributed by atoms with E-state index in [2.05, 4.69) is 15.6 Å². The second-order valence-electron chi connectivity index (χ2n) is 6.02. The summed E-state index contributed by atoms with van der Waals surface area (Å²) in [4.78, 5) is 23.7. The van der Waals surface area contributed by atoms with Crippen LogP contribution in [0.2, 0.25) is 0 Å². The number of anilines is 1. The Morgan fingerprint density at radius 2 is 1.76 bits per heavy atom. The van der Waals surface area contributed by atoms with E-state index in [0.717, 1.165) is 24.3 Å². The van der Waals surface area contributed by atoms with E-state index in [-0.39, 0.29) is 16.9 Å². The summed E-state index contributed by atoms with van der Waals surface area (Å²) in [7, 11) is 0. The number of carbonyl (C=O) groups is 2. The van der Waals surface area contributed by atoms with Gasteiger partial charge >= 0.3 is 6.18 Å². The van der Waals surface area contributed by atoms with Gasteiger partial charge < -0.3 is 11.1 Å². The molecule has 0 bridgehead atoms. The molecule has 7 nitrogen and oxygen atoms in total. The van der Waals surface area contributed by atoms with Gasteiger partial charge in [-0.25, -0.2) is 9.07 Å². The number of hydrogen-bond acceptors (Lipinski definition) is 4. The molecule has 29 heavy (non-hydrogen) atoms. The number of alkyl halides is 3. The highest BCUT2D eigenvalue weighted by Gasteiger charge is 2.42. The number of primary amides is 1. The predicted molar refractivity (Wildman–Crippen MR) is 94.0 cm³/mol. The average molecular weight is 407 g/mol. The fraction of sp³-hybridized carbons (Fsp3) is 0.111. The standard InChI is InChI=1S/C18H13F4N5O2/c1-9-8-11(4-7-13(9)16(23)28)24-17(29)14-15(18(20,21)22)27(26-25-14)12-5-2-10(19)3-6-12/h2-8H,1H3,(H2,23,28)(H,24,29). The number of aromatic nitrogens is 3. The van der Waals surface area contributed by atoms with Crippen LogP contribution in [0, 0.1) is 12.7 Å². The molecule has 1 heterocycles. The van der Waals surface area contributed by atoms with Gasteiger partial charge in [0.25, 0.3) is 5.91 Å². The number of aryl methyl sites for hydroxylation is 1. The minimum atomic E-state index is -4.96. The second-order valence-corrected chi connectivity index (χ2v) is 6.02. The second kappa shape index (κ2) is 7.34. The monoisotopic (exact) mass is 407 g/mol. The third-order valence-corrected chi connectivity index (χ3v) is 3.97. The number of nitrogens with one attached hydrogen (secondary N) is 1. The molecule has 0 fully saturated rings. The first-order chi connectivity index (χ1) is 13.6. The van der Waals surface area contributed by atoms with Gasteiger partial charge in [0.2, 0.25) is 5.91 Å². The zero-order chi connectivity index (χ0) is 21.3. The van der Waals surface area contributed by atoms with Gasteiger partial charge in [0.1, 0.15) is 5.82 Å². The third kappa shape index (κ3) is 4.08. The molecule has 2 amide bonds. The van der Waals surface area contributed by atoms with Crippen molar-refractivity contribution in [2.45, 2.75) is 13.1 Å². The number of amides is 2. The van der Waals surface area contributed by atoms with E-state index in [1.807, 2.05) is 0 Å². The molecular weight excluding hydrogens is 394 g/mol. The fourth-order valence-corrected chi connectivity index (χ4v) is 2.66. The maximum atomic E-state index is 13.6. The van der Waals surface area contributed by atoms with E-state index < -0.39 is 35.2 Å². The molecule has 3 N–H and O–H groups in total. The molecule has 3 rings (SSSR count). The molecule has 150 valence electrons. The van der Waals surface area contributed by atoms with Gasteiger partial charge in [0.15, 0.2) is 11.4 Å². The van der Waals surface area contributed by atoms with Crippen LogP contribution in [0.4, 0.5) is 23.2 Å². The maximum absolute atomic E-state index is 13.6. The zero-order valence-electron chi connectivity index (χ0n) is 14.8. The highest BCUT2D eigenvalue weighted by atomic mass is 19.4. The highest BCUT2D eigenvalue weighted by molar-refractivity contribution is 6.04. The van der Waals surface area contributed by atoms with Gasteiger partial charge in [-0.05, 0) is 55.0 Å². The highest BCUT2D eigenvalue weighted by Crippen LogP contribution is 2.33. The number of hydrogen-bond donors (Lipinski definition) is 2. The predicted octanol–water partition coefficient (Wildman–Crippen LogP) is 3.08. The molecule has 11 heteroatoms. The summed E-state index contributed by atoms with van der Waals surface area (Å²) in [6.45, 7) is 1.56. The number of benzene rings is 2. The lowest BCUT2D eigenvalue weighted by molar-refractivity contribution is -0.143. The minimum Gasteiger partial charge on any atom is -0.366 e. The van der Waals surface area contributed by atoms with Crippen LogP contribution in [0.3, 0.4) is 0 Å². The molecule has 0 aliphatic rings. The van der Waals surface area contributed by atoms with Crippen LogP contribution < -0.4 is 11.1 Å².